The highest BCUT2D eigenvalue weighted by molar-refractivity contribution is 7.89. The van der Waals surface area contributed by atoms with Crippen LogP contribution in [0.5, 0.6) is 0 Å². The van der Waals surface area contributed by atoms with Crippen molar-refractivity contribution >= 4 is 33.5 Å². The van der Waals surface area contributed by atoms with Crippen LogP contribution in [0.2, 0.25) is 0 Å². The van der Waals surface area contributed by atoms with E-state index in [1.165, 1.54) is 35.4 Å². The molecule has 3 N–H and O–H groups in total. The van der Waals surface area contributed by atoms with E-state index in [-0.39, 0.29) is 29.3 Å². The van der Waals surface area contributed by atoms with Crippen molar-refractivity contribution in [1.29, 1.82) is 0 Å². The molecule has 3 aromatic rings. The van der Waals surface area contributed by atoms with E-state index in [1.54, 1.807) is 13.0 Å². The molecule has 1 aliphatic rings. The minimum absolute atomic E-state index is 0.0879. The SMILES string of the molecule is Cc1ccc(NC(=O)COC(=O)C2Cc3ccccc3CN2C(=O)c2ccco2)cc1S(N)(=O)=O. The van der Waals surface area contributed by atoms with Crippen molar-refractivity contribution < 1.29 is 32.0 Å². The van der Waals surface area contributed by atoms with Crippen LogP contribution in [0.3, 0.4) is 0 Å². The molecule has 0 fully saturated rings. The first-order valence-corrected chi connectivity index (χ1v) is 12.2. The quantitative estimate of drug-likeness (QED) is 0.495. The van der Waals surface area contributed by atoms with Crippen LogP contribution in [-0.4, -0.2) is 43.8 Å². The van der Waals surface area contributed by atoms with E-state index < -0.39 is 40.5 Å². The molecule has 0 spiro atoms. The maximum atomic E-state index is 13.0. The minimum atomic E-state index is -3.97. The number of sulfonamides is 1. The summed E-state index contributed by atoms with van der Waals surface area (Å²) in [6.07, 6.45) is 1.59. The van der Waals surface area contributed by atoms with Crippen molar-refractivity contribution in [1.82, 2.24) is 4.90 Å². The Kier molecular flexibility index (Phi) is 6.72. The Morgan fingerprint density at radius 1 is 1.11 bits per heavy atom. The molecule has 11 heteroatoms. The van der Waals surface area contributed by atoms with E-state index in [9.17, 15) is 22.8 Å². The van der Waals surface area contributed by atoms with Gasteiger partial charge in [0.2, 0.25) is 10.0 Å². The van der Waals surface area contributed by atoms with Crippen LogP contribution in [0.15, 0.2) is 70.2 Å². The molecule has 182 valence electrons. The zero-order valence-corrected chi connectivity index (χ0v) is 19.6. The average molecular weight is 498 g/mol. The number of anilines is 1. The van der Waals surface area contributed by atoms with Gasteiger partial charge in [0.15, 0.2) is 12.4 Å². The lowest BCUT2D eigenvalue weighted by molar-refractivity contribution is -0.152. The van der Waals surface area contributed by atoms with Crippen LogP contribution in [0.1, 0.15) is 27.2 Å². The number of hydrogen-bond donors (Lipinski definition) is 2. The number of carbonyl (C=O) groups excluding carboxylic acids is 3. The number of furan rings is 1. The van der Waals surface area contributed by atoms with Gasteiger partial charge in [-0.15, -0.1) is 0 Å². The summed E-state index contributed by atoms with van der Waals surface area (Å²) >= 11 is 0. The van der Waals surface area contributed by atoms with Gasteiger partial charge in [0.25, 0.3) is 11.8 Å². The molecule has 0 saturated heterocycles. The molecule has 35 heavy (non-hydrogen) atoms. The number of ether oxygens (including phenoxy) is 1. The van der Waals surface area contributed by atoms with Gasteiger partial charge in [0.1, 0.15) is 6.04 Å². The van der Waals surface area contributed by atoms with E-state index >= 15 is 0 Å². The predicted octanol–water partition coefficient (Wildman–Crippen LogP) is 1.98. The Labute approximate surface area is 201 Å². The molecule has 0 aliphatic carbocycles. The Morgan fingerprint density at radius 2 is 1.86 bits per heavy atom. The highest BCUT2D eigenvalue weighted by Gasteiger charge is 2.37. The van der Waals surface area contributed by atoms with Gasteiger partial charge in [-0.1, -0.05) is 30.3 Å². The highest BCUT2D eigenvalue weighted by Crippen LogP contribution is 2.26. The summed E-state index contributed by atoms with van der Waals surface area (Å²) in [7, 11) is -3.97. The summed E-state index contributed by atoms with van der Waals surface area (Å²) in [6, 6.07) is 13.8. The van der Waals surface area contributed by atoms with Gasteiger partial charge in [0.05, 0.1) is 11.2 Å². The summed E-state index contributed by atoms with van der Waals surface area (Å²) < 4.78 is 33.8. The summed E-state index contributed by atoms with van der Waals surface area (Å²) in [5.41, 5.74) is 2.41. The number of amides is 2. The fourth-order valence-corrected chi connectivity index (χ4v) is 4.71. The first-order chi connectivity index (χ1) is 16.6. The summed E-state index contributed by atoms with van der Waals surface area (Å²) in [5, 5.41) is 7.68. The zero-order valence-electron chi connectivity index (χ0n) is 18.8. The van der Waals surface area contributed by atoms with Crippen molar-refractivity contribution in [2.45, 2.75) is 30.8 Å². The molecule has 2 amide bonds. The molecule has 1 unspecified atom stereocenters. The topological polar surface area (TPSA) is 149 Å². The number of esters is 1. The summed E-state index contributed by atoms with van der Waals surface area (Å²) in [5.74, 6) is -1.80. The lowest BCUT2D eigenvalue weighted by Gasteiger charge is -2.34. The second-order valence-corrected chi connectivity index (χ2v) is 9.61. The number of nitrogens with one attached hydrogen (secondary N) is 1. The number of benzene rings is 2. The second kappa shape index (κ2) is 9.72. The highest BCUT2D eigenvalue weighted by atomic mass is 32.2. The molecule has 10 nitrogen and oxygen atoms in total. The predicted molar refractivity (Wildman–Crippen MR) is 125 cm³/mol. The number of nitrogens with two attached hydrogens (primary N) is 1. The van der Waals surface area contributed by atoms with Gasteiger partial charge in [-0.25, -0.2) is 18.4 Å². The standard InChI is InChI=1S/C24H23N3O7S/c1-15-8-9-18(12-21(15)35(25,31)32)26-22(28)14-34-24(30)19-11-16-5-2-3-6-17(16)13-27(19)23(29)20-7-4-10-33-20/h2-10,12,19H,11,13-14H2,1H3,(H,26,28)(H2,25,31,32). The lowest BCUT2D eigenvalue weighted by Crippen LogP contribution is -2.49. The molecule has 0 radical (unpaired) electrons. The molecular weight excluding hydrogens is 474 g/mol. The van der Waals surface area contributed by atoms with Crippen molar-refractivity contribution in [3.05, 3.63) is 83.3 Å². The average Bonchev–Trinajstić information content (AvgIpc) is 3.37. The van der Waals surface area contributed by atoms with E-state index in [1.807, 2.05) is 24.3 Å². The Hall–Kier alpha value is -3.96. The Bertz CT molecular complexity index is 1380. The smallest absolute Gasteiger partial charge is 0.329 e. The van der Waals surface area contributed by atoms with Gasteiger partial charge >= 0.3 is 5.97 Å². The molecular formula is C24H23N3O7S. The van der Waals surface area contributed by atoms with Crippen molar-refractivity contribution in [2.75, 3.05) is 11.9 Å². The number of rotatable bonds is 6. The van der Waals surface area contributed by atoms with E-state index in [0.717, 1.165) is 11.1 Å². The number of carbonyl (C=O) groups is 3. The van der Waals surface area contributed by atoms with Crippen LogP contribution in [0.4, 0.5) is 5.69 Å². The van der Waals surface area contributed by atoms with E-state index in [2.05, 4.69) is 5.32 Å². The first-order valence-electron chi connectivity index (χ1n) is 10.6. The van der Waals surface area contributed by atoms with E-state index in [0.29, 0.717) is 5.56 Å². The third-order valence-electron chi connectivity index (χ3n) is 5.64. The number of hydrogen-bond acceptors (Lipinski definition) is 7. The second-order valence-electron chi connectivity index (χ2n) is 8.08. The van der Waals surface area contributed by atoms with Crippen LogP contribution in [0, 0.1) is 6.92 Å². The van der Waals surface area contributed by atoms with Crippen LogP contribution >= 0.6 is 0 Å². The molecule has 1 aromatic heterocycles. The molecule has 0 saturated carbocycles. The molecule has 2 aromatic carbocycles. The van der Waals surface area contributed by atoms with E-state index in [4.69, 9.17) is 14.3 Å². The molecule has 4 rings (SSSR count). The van der Waals surface area contributed by atoms with Crippen LogP contribution in [-0.2, 0) is 37.3 Å². The third kappa shape index (κ3) is 5.42. The molecule has 2 heterocycles. The van der Waals surface area contributed by atoms with Crippen molar-refractivity contribution in [2.24, 2.45) is 5.14 Å². The van der Waals surface area contributed by atoms with Crippen LogP contribution < -0.4 is 10.5 Å². The molecule has 0 bridgehead atoms. The number of aryl methyl sites for hydroxylation is 1. The molecule has 1 aliphatic heterocycles. The number of fused-ring (bicyclic) bond motifs is 1. The summed E-state index contributed by atoms with van der Waals surface area (Å²) in [4.78, 5) is 39.6. The largest absolute Gasteiger partial charge is 0.459 e. The number of primary sulfonamides is 1. The lowest BCUT2D eigenvalue weighted by atomic mass is 9.93. The molecule has 1 atom stereocenters. The number of nitrogens with zero attached hydrogens (tertiary/aromatic N) is 1. The Balaban J connectivity index is 1.46. The van der Waals surface area contributed by atoms with Gasteiger partial charge in [0, 0.05) is 18.7 Å². The van der Waals surface area contributed by atoms with Crippen LogP contribution in [0.25, 0.3) is 0 Å². The minimum Gasteiger partial charge on any atom is -0.459 e. The normalized spacial score (nSPS) is 15.3. The Morgan fingerprint density at radius 3 is 2.54 bits per heavy atom. The van der Waals surface area contributed by atoms with Crippen molar-refractivity contribution in [3.63, 3.8) is 0 Å². The van der Waals surface area contributed by atoms with Gasteiger partial charge in [-0.3, -0.25) is 9.59 Å². The fraction of sp³-hybridized carbons (Fsp3) is 0.208. The maximum Gasteiger partial charge on any atom is 0.329 e. The monoisotopic (exact) mass is 497 g/mol. The fourth-order valence-electron chi connectivity index (χ4n) is 3.90. The van der Waals surface area contributed by atoms with Crippen molar-refractivity contribution in [3.8, 4) is 0 Å². The zero-order chi connectivity index (χ0) is 25.2. The third-order valence-corrected chi connectivity index (χ3v) is 6.69. The van der Waals surface area contributed by atoms with Gasteiger partial charge in [-0.2, -0.15) is 0 Å². The summed E-state index contributed by atoms with van der Waals surface area (Å²) in [6.45, 7) is 1.13. The first kappa shape index (κ1) is 24.2. The van der Waals surface area contributed by atoms with Gasteiger partial charge < -0.3 is 19.4 Å². The van der Waals surface area contributed by atoms with Gasteiger partial charge in [-0.05, 0) is 47.9 Å². The maximum absolute atomic E-state index is 13.0.